The Morgan fingerprint density at radius 2 is 2.38 bits per heavy atom. The van der Waals surface area contributed by atoms with E-state index in [4.69, 9.17) is 8.85 Å². The first-order valence-electron chi connectivity index (χ1n) is 8.10. The van der Waals surface area contributed by atoms with Crippen molar-refractivity contribution in [2.45, 2.75) is 33.2 Å². The molecule has 0 aromatic carbocycles. The van der Waals surface area contributed by atoms with Crippen molar-refractivity contribution in [3.63, 3.8) is 0 Å². The second-order valence-electron chi connectivity index (χ2n) is 4.79. The molecule has 2 aromatic rings. The van der Waals surface area contributed by atoms with Gasteiger partial charge in [-0.15, -0.1) is 11.3 Å². The zero-order valence-electron chi connectivity index (χ0n) is 15.1. The number of hydrogen-bond acceptors (Lipinski definition) is 6. The Labute approximate surface area is 130 Å². The lowest BCUT2D eigenvalue weighted by Crippen LogP contribution is -2.28. The molecule has 0 saturated heterocycles. The van der Waals surface area contributed by atoms with Gasteiger partial charge in [-0.25, -0.2) is 4.68 Å². The molecule has 2 rings (SSSR count). The molecule has 0 spiro atoms. The smallest absolute Gasteiger partial charge is 0.327 e. The Morgan fingerprint density at radius 3 is 3.00 bits per heavy atom. The largest absolute Gasteiger partial charge is 0.465 e. The summed E-state index contributed by atoms with van der Waals surface area (Å²) in [7, 11) is 0. The first kappa shape index (κ1) is 11.7. The number of ether oxygens (including phenoxy) is 1. The molecule has 0 amide bonds. The van der Waals surface area contributed by atoms with Gasteiger partial charge in [0, 0.05) is 16.5 Å². The van der Waals surface area contributed by atoms with E-state index in [1.807, 2.05) is 13.8 Å². The van der Waals surface area contributed by atoms with Gasteiger partial charge in [0.05, 0.1) is 17.3 Å². The Hall–Kier alpha value is -1.89. The van der Waals surface area contributed by atoms with Gasteiger partial charge in [0.15, 0.2) is 0 Å². The van der Waals surface area contributed by atoms with Crippen LogP contribution in [0.4, 0.5) is 5.00 Å². The average molecular weight is 312 g/mol. The van der Waals surface area contributed by atoms with Crippen LogP contribution in [-0.2, 0) is 16.1 Å². The van der Waals surface area contributed by atoms with E-state index in [2.05, 4.69) is 10.4 Å². The summed E-state index contributed by atoms with van der Waals surface area (Å²) < 4.78 is 28.2. The van der Waals surface area contributed by atoms with Crippen LogP contribution in [0.2, 0.25) is 0 Å². The van der Waals surface area contributed by atoms with E-state index in [0.717, 1.165) is 16.0 Å². The number of rotatable bonds is 5. The summed E-state index contributed by atoms with van der Waals surface area (Å²) in [6.45, 7) is 3.10. The fourth-order valence-corrected chi connectivity index (χ4v) is 2.92. The highest BCUT2D eigenvalue weighted by molar-refractivity contribution is 7.22. The molecule has 6 nitrogen and oxygen atoms in total. The molecule has 0 aliphatic carbocycles. The lowest BCUT2D eigenvalue weighted by atomic mass is 10.1. The number of nitrogens with zero attached hydrogens (tertiary/aromatic N) is 2. The fraction of sp³-hybridized carbons (Fsp3) is 0.500. The summed E-state index contributed by atoms with van der Waals surface area (Å²) in [5.41, 5.74) is 0.190. The normalized spacial score (nSPS) is 13.8. The molecule has 2 aromatic heterocycles. The van der Waals surface area contributed by atoms with Crippen LogP contribution in [0.25, 0.3) is 10.1 Å². The van der Waals surface area contributed by atoms with Gasteiger partial charge < -0.3 is 10.1 Å². The minimum atomic E-state index is -2.35. The van der Waals surface area contributed by atoms with Crippen LogP contribution in [0.3, 0.4) is 0 Å². The van der Waals surface area contributed by atoms with E-state index in [0.29, 0.717) is 20.8 Å². The van der Waals surface area contributed by atoms with Crippen molar-refractivity contribution >= 4 is 32.4 Å². The molecule has 0 aliphatic rings. The van der Waals surface area contributed by atoms with Crippen LogP contribution in [0.15, 0.2) is 10.9 Å². The predicted molar refractivity (Wildman–Crippen MR) is 84.1 cm³/mol. The van der Waals surface area contributed by atoms with Crippen LogP contribution in [0, 0.1) is 0 Å². The highest BCUT2D eigenvalue weighted by Crippen LogP contribution is 2.31. The van der Waals surface area contributed by atoms with Crippen LogP contribution in [0.1, 0.15) is 36.5 Å². The summed E-state index contributed by atoms with van der Waals surface area (Å²) >= 11 is 1.04. The topological polar surface area (TPSA) is 73.2 Å². The van der Waals surface area contributed by atoms with Crippen molar-refractivity contribution in [1.29, 1.82) is 0 Å². The molecule has 0 aliphatic heterocycles. The molecule has 0 radical (unpaired) electrons. The molecule has 2 heterocycles. The van der Waals surface area contributed by atoms with Crippen LogP contribution in [0.5, 0.6) is 0 Å². The summed E-state index contributed by atoms with van der Waals surface area (Å²) in [4.78, 5) is 24.2. The van der Waals surface area contributed by atoms with Crippen LogP contribution in [-0.4, -0.2) is 29.3 Å². The van der Waals surface area contributed by atoms with E-state index in [9.17, 15) is 9.59 Å². The van der Waals surface area contributed by atoms with Gasteiger partial charge in [0.25, 0.3) is 5.56 Å². The summed E-state index contributed by atoms with van der Waals surface area (Å²) in [5.74, 6) is -0.546. The highest BCUT2D eigenvalue weighted by atomic mass is 32.1. The third kappa shape index (κ3) is 3.07. The van der Waals surface area contributed by atoms with Crippen molar-refractivity contribution in [3.05, 3.63) is 22.1 Å². The van der Waals surface area contributed by atoms with E-state index in [-0.39, 0.29) is 19.1 Å². The van der Waals surface area contributed by atoms with Crippen molar-refractivity contribution in [2.75, 3.05) is 18.9 Å². The van der Waals surface area contributed by atoms with Crippen LogP contribution < -0.4 is 10.9 Å². The number of carbonyl (C=O) groups is 1. The van der Waals surface area contributed by atoms with Gasteiger partial charge in [0.1, 0.15) is 11.2 Å². The Kier molecular flexibility index (Phi) is 3.50. The maximum atomic E-state index is 12.6. The highest BCUT2D eigenvalue weighted by Gasteiger charge is 2.17. The third-order valence-electron chi connectivity index (χ3n) is 2.92. The van der Waals surface area contributed by atoms with Gasteiger partial charge in [-0.1, -0.05) is 13.8 Å². The third-order valence-corrected chi connectivity index (χ3v) is 3.96. The Morgan fingerprint density at radius 1 is 1.62 bits per heavy atom. The summed E-state index contributed by atoms with van der Waals surface area (Å²) in [6.07, 6.45) is 0. The van der Waals surface area contributed by atoms with Crippen molar-refractivity contribution in [2.24, 2.45) is 0 Å². The van der Waals surface area contributed by atoms with E-state index in [1.165, 1.54) is 0 Å². The van der Waals surface area contributed by atoms with E-state index >= 15 is 0 Å². The SMILES string of the molecule is [2H]C([2H])([2H])Nc1cc2c(C(C)C)nn(CC(=O)OCC)c(=O)c2s1. The zero-order chi connectivity index (χ0) is 18.1. The van der Waals surface area contributed by atoms with E-state index in [1.54, 1.807) is 13.0 Å². The second-order valence-corrected chi connectivity index (χ2v) is 5.84. The number of hydrogen-bond donors (Lipinski definition) is 1. The zero-order valence-corrected chi connectivity index (χ0v) is 12.9. The quantitative estimate of drug-likeness (QED) is 0.857. The Balaban J connectivity index is 2.56. The molecule has 0 saturated carbocycles. The molecule has 0 atom stereocenters. The number of carbonyl (C=O) groups excluding carboxylic acids is 1. The molecule has 114 valence electrons. The molecule has 0 unspecified atom stereocenters. The number of esters is 1. The Bertz CT molecular complexity index is 811. The minimum absolute atomic E-state index is 0.00300. The van der Waals surface area contributed by atoms with Crippen molar-refractivity contribution < 1.29 is 13.6 Å². The monoisotopic (exact) mass is 312 g/mol. The number of fused-ring (bicyclic) bond motifs is 1. The molecular formula is C14H19N3O3S. The maximum absolute atomic E-state index is 12.6. The lowest BCUT2D eigenvalue weighted by Gasteiger charge is -2.10. The number of thiophene rings is 1. The number of nitrogens with one attached hydrogen (secondary N) is 1. The number of aromatic nitrogens is 2. The number of anilines is 1. The van der Waals surface area contributed by atoms with Gasteiger partial charge in [-0.3, -0.25) is 9.59 Å². The first-order valence-corrected chi connectivity index (χ1v) is 7.42. The second kappa shape index (κ2) is 6.26. The van der Waals surface area contributed by atoms with Gasteiger partial charge in [-0.2, -0.15) is 5.10 Å². The van der Waals surface area contributed by atoms with Crippen molar-refractivity contribution in [3.8, 4) is 0 Å². The fourth-order valence-electron chi connectivity index (χ4n) is 2.01. The van der Waals surface area contributed by atoms with Crippen molar-refractivity contribution in [1.82, 2.24) is 9.78 Å². The lowest BCUT2D eigenvalue weighted by molar-refractivity contribution is -0.144. The maximum Gasteiger partial charge on any atom is 0.327 e. The molecule has 21 heavy (non-hydrogen) atoms. The first-order chi connectivity index (χ1) is 11.1. The molecular weight excluding hydrogens is 290 g/mol. The molecule has 7 heteroatoms. The average Bonchev–Trinajstić information content (AvgIpc) is 2.83. The predicted octanol–water partition coefficient (Wildman–Crippen LogP) is 2.19. The summed E-state index contributed by atoms with van der Waals surface area (Å²) in [5, 5.41) is 7.63. The molecule has 0 fully saturated rings. The molecule has 1 N–H and O–H groups in total. The van der Waals surface area contributed by atoms with Gasteiger partial charge in [0.2, 0.25) is 0 Å². The van der Waals surface area contributed by atoms with E-state index < -0.39 is 18.5 Å². The standard InChI is InChI=1S/C14H19N3O3S/c1-5-20-11(18)7-17-14(19)13-9(6-10(15-4)21-13)12(16-17)8(2)3/h6,8,15H,5,7H2,1-4H3/i4D3. The van der Waals surface area contributed by atoms with Gasteiger partial charge >= 0.3 is 5.97 Å². The molecule has 0 bridgehead atoms. The minimum Gasteiger partial charge on any atom is -0.465 e. The summed E-state index contributed by atoms with van der Waals surface area (Å²) in [6, 6.07) is 1.62. The van der Waals surface area contributed by atoms with Gasteiger partial charge in [-0.05, 0) is 18.9 Å². The van der Waals surface area contributed by atoms with Crippen LogP contribution >= 0.6 is 11.3 Å².